The number of alkyl halides is 5. The summed E-state index contributed by atoms with van der Waals surface area (Å²) in [6, 6.07) is 2.18. The monoisotopic (exact) mass is 295 g/mol. The van der Waals surface area contributed by atoms with Gasteiger partial charge >= 0.3 is 12.1 Å². The molecular formula is C9H8Cl2F5N. The maximum absolute atomic E-state index is 12.8. The molecule has 98 valence electrons. The van der Waals surface area contributed by atoms with E-state index >= 15 is 0 Å². The zero-order valence-electron chi connectivity index (χ0n) is 8.14. The van der Waals surface area contributed by atoms with Gasteiger partial charge in [-0.25, -0.2) is 0 Å². The van der Waals surface area contributed by atoms with Crippen LogP contribution < -0.4 is 5.73 Å². The minimum absolute atomic E-state index is 0. The fourth-order valence-electron chi connectivity index (χ4n) is 1.09. The minimum Gasteiger partial charge on any atom is -0.319 e. The molecule has 1 atom stereocenters. The molecule has 0 aliphatic rings. The molecule has 17 heavy (non-hydrogen) atoms. The van der Waals surface area contributed by atoms with Crippen LogP contribution in [0.4, 0.5) is 22.0 Å². The summed E-state index contributed by atoms with van der Waals surface area (Å²) in [5.74, 6) is -4.99. The summed E-state index contributed by atoms with van der Waals surface area (Å²) in [4.78, 5) is 0. The molecule has 0 radical (unpaired) electrons. The summed E-state index contributed by atoms with van der Waals surface area (Å²) in [5, 5.41) is 0.0472. The average Bonchev–Trinajstić information content (AvgIpc) is 2.14. The van der Waals surface area contributed by atoms with Gasteiger partial charge in [-0.3, -0.25) is 0 Å². The van der Waals surface area contributed by atoms with Gasteiger partial charge in [-0.1, -0.05) is 23.7 Å². The van der Waals surface area contributed by atoms with Gasteiger partial charge in [0.05, 0.1) is 0 Å². The van der Waals surface area contributed by atoms with Crippen LogP contribution in [0, 0.1) is 0 Å². The van der Waals surface area contributed by atoms with E-state index in [0.717, 1.165) is 12.1 Å². The van der Waals surface area contributed by atoms with E-state index in [0.29, 0.717) is 0 Å². The van der Waals surface area contributed by atoms with Crippen molar-refractivity contribution < 1.29 is 22.0 Å². The third-order valence-corrected chi connectivity index (χ3v) is 2.21. The lowest BCUT2D eigenvalue weighted by Crippen LogP contribution is -2.45. The van der Waals surface area contributed by atoms with E-state index in [2.05, 4.69) is 0 Å². The molecule has 1 aromatic carbocycles. The molecule has 0 fully saturated rings. The van der Waals surface area contributed by atoms with Crippen molar-refractivity contribution in [3.8, 4) is 0 Å². The first kappa shape index (κ1) is 16.4. The molecule has 2 N–H and O–H groups in total. The number of hydrogen-bond acceptors (Lipinski definition) is 1. The van der Waals surface area contributed by atoms with Crippen LogP contribution in [-0.2, 0) is 0 Å². The van der Waals surface area contributed by atoms with Crippen LogP contribution in [0.5, 0.6) is 0 Å². The Morgan fingerprint density at radius 2 is 1.65 bits per heavy atom. The lowest BCUT2D eigenvalue weighted by atomic mass is 10.0. The second-order valence-electron chi connectivity index (χ2n) is 3.15. The number of hydrogen-bond donors (Lipinski definition) is 1. The van der Waals surface area contributed by atoms with Gasteiger partial charge in [-0.2, -0.15) is 22.0 Å². The smallest absolute Gasteiger partial charge is 0.319 e. The van der Waals surface area contributed by atoms with Gasteiger partial charge in [0.25, 0.3) is 0 Å². The fraction of sp³-hybridized carbons (Fsp3) is 0.333. The molecule has 0 saturated carbocycles. The Bertz CT molecular complexity index is 380. The Hall–Kier alpha value is -0.590. The lowest BCUT2D eigenvalue weighted by molar-refractivity contribution is -0.291. The average molecular weight is 296 g/mol. The summed E-state index contributed by atoms with van der Waals surface area (Å²) < 4.78 is 61.7. The van der Waals surface area contributed by atoms with Gasteiger partial charge in [0.1, 0.15) is 6.04 Å². The van der Waals surface area contributed by atoms with Crippen LogP contribution in [0.1, 0.15) is 11.6 Å². The van der Waals surface area contributed by atoms with Crippen molar-refractivity contribution in [2.24, 2.45) is 5.73 Å². The van der Waals surface area contributed by atoms with Crippen molar-refractivity contribution in [3.05, 3.63) is 34.9 Å². The van der Waals surface area contributed by atoms with E-state index in [9.17, 15) is 22.0 Å². The normalized spacial score (nSPS) is 14.1. The van der Waals surface area contributed by atoms with Gasteiger partial charge in [0.2, 0.25) is 0 Å². The summed E-state index contributed by atoms with van der Waals surface area (Å²) in [6.45, 7) is 0. The third kappa shape index (κ3) is 3.43. The predicted octanol–water partition coefficient (Wildman–Crippen LogP) is 3.96. The molecule has 0 unspecified atom stereocenters. The van der Waals surface area contributed by atoms with E-state index in [1.165, 1.54) is 12.1 Å². The van der Waals surface area contributed by atoms with Gasteiger partial charge in [-0.05, 0) is 17.7 Å². The predicted molar refractivity (Wildman–Crippen MR) is 56.6 cm³/mol. The van der Waals surface area contributed by atoms with Crippen molar-refractivity contribution in [2.75, 3.05) is 0 Å². The Labute approximate surface area is 105 Å². The topological polar surface area (TPSA) is 26.0 Å². The van der Waals surface area contributed by atoms with Gasteiger partial charge in [0.15, 0.2) is 0 Å². The van der Waals surface area contributed by atoms with Crippen molar-refractivity contribution in [1.82, 2.24) is 0 Å². The summed E-state index contributed by atoms with van der Waals surface area (Å²) in [7, 11) is 0. The standard InChI is InChI=1S/C9H7ClF5N.ClH/c10-6-3-1-2-5(4-6)7(16)8(11,12)9(13,14)15;/h1-4,7H,16H2;1H/t7-;/m1./s1. The number of benzene rings is 1. The van der Waals surface area contributed by atoms with Crippen LogP contribution in [0.2, 0.25) is 5.02 Å². The van der Waals surface area contributed by atoms with Gasteiger partial charge < -0.3 is 5.73 Å². The second-order valence-corrected chi connectivity index (χ2v) is 3.59. The van der Waals surface area contributed by atoms with Crippen LogP contribution in [0.25, 0.3) is 0 Å². The number of rotatable bonds is 2. The molecule has 1 rings (SSSR count). The Morgan fingerprint density at radius 1 is 1.12 bits per heavy atom. The first-order valence-electron chi connectivity index (χ1n) is 4.12. The number of nitrogens with two attached hydrogens (primary N) is 1. The largest absolute Gasteiger partial charge is 0.455 e. The van der Waals surface area contributed by atoms with Crippen LogP contribution in [0.15, 0.2) is 24.3 Å². The van der Waals surface area contributed by atoms with E-state index in [1.807, 2.05) is 0 Å². The highest BCUT2D eigenvalue weighted by Gasteiger charge is 2.61. The van der Waals surface area contributed by atoms with E-state index in [4.69, 9.17) is 17.3 Å². The molecule has 0 aliphatic heterocycles. The summed E-state index contributed by atoms with van der Waals surface area (Å²) >= 11 is 5.47. The highest BCUT2D eigenvalue weighted by Crippen LogP contribution is 2.43. The second kappa shape index (κ2) is 5.37. The maximum atomic E-state index is 12.8. The van der Waals surface area contributed by atoms with Crippen LogP contribution in [0.3, 0.4) is 0 Å². The molecule has 0 saturated heterocycles. The van der Waals surface area contributed by atoms with E-state index in [-0.39, 0.29) is 23.0 Å². The lowest BCUT2D eigenvalue weighted by Gasteiger charge is -2.25. The summed E-state index contributed by atoms with van der Waals surface area (Å²) in [5.41, 5.74) is 4.53. The molecule has 8 heteroatoms. The first-order chi connectivity index (χ1) is 7.16. The van der Waals surface area contributed by atoms with E-state index in [1.54, 1.807) is 0 Å². The molecule has 0 spiro atoms. The molecule has 0 amide bonds. The third-order valence-electron chi connectivity index (χ3n) is 1.98. The van der Waals surface area contributed by atoms with Crippen molar-refractivity contribution in [2.45, 2.75) is 18.1 Å². The maximum Gasteiger partial charge on any atom is 0.455 e. The minimum atomic E-state index is -5.69. The van der Waals surface area contributed by atoms with Crippen molar-refractivity contribution in [3.63, 3.8) is 0 Å². The molecule has 0 aromatic heterocycles. The van der Waals surface area contributed by atoms with E-state index < -0.39 is 18.1 Å². The molecular weight excluding hydrogens is 288 g/mol. The molecule has 0 aliphatic carbocycles. The number of halogens is 7. The zero-order valence-corrected chi connectivity index (χ0v) is 9.71. The Morgan fingerprint density at radius 3 is 2.06 bits per heavy atom. The Balaban J connectivity index is 0.00000256. The van der Waals surface area contributed by atoms with Crippen molar-refractivity contribution in [1.29, 1.82) is 0 Å². The highest BCUT2D eigenvalue weighted by atomic mass is 35.5. The quantitative estimate of drug-likeness (QED) is 0.821. The molecule has 1 nitrogen and oxygen atoms in total. The highest BCUT2D eigenvalue weighted by molar-refractivity contribution is 6.30. The molecule has 0 heterocycles. The zero-order chi connectivity index (χ0) is 12.6. The summed E-state index contributed by atoms with van der Waals surface area (Å²) in [6.07, 6.45) is -5.69. The fourth-order valence-corrected chi connectivity index (χ4v) is 1.28. The van der Waals surface area contributed by atoms with Crippen LogP contribution >= 0.6 is 24.0 Å². The Kier molecular flexibility index (Phi) is 5.18. The van der Waals surface area contributed by atoms with Gasteiger partial charge in [0, 0.05) is 5.02 Å². The molecule has 0 bridgehead atoms. The van der Waals surface area contributed by atoms with Crippen LogP contribution in [-0.4, -0.2) is 12.1 Å². The van der Waals surface area contributed by atoms with Crippen molar-refractivity contribution >= 4 is 24.0 Å². The first-order valence-corrected chi connectivity index (χ1v) is 4.49. The SMILES string of the molecule is Cl.N[C@H](c1cccc(Cl)c1)C(F)(F)C(F)(F)F. The molecule has 1 aromatic rings. The van der Waals surface area contributed by atoms with Gasteiger partial charge in [-0.15, -0.1) is 12.4 Å².